The highest BCUT2D eigenvalue weighted by molar-refractivity contribution is 5.88. The van der Waals surface area contributed by atoms with Gasteiger partial charge in [0.2, 0.25) is 5.82 Å². The molecule has 0 spiro atoms. The summed E-state index contributed by atoms with van der Waals surface area (Å²) in [4.78, 5) is 27.7. The maximum absolute atomic E-state index is 11.4. The molecular weight excluding hydrogens is 254 g/mol. The van der Waals surface area contributed by atoms with Gasteiger partial charge in [0.1, 0.15) is 0 Å². The Morgan fingerprint density at radius 3 is 2.74 bits per heavy atom. The third-order valence-electron chi connectivity index (χ3n) is 2.76. The van der Waals surface area contributed by atoms with Gasteiger partial charge in [-0.3, -0.25) is 10.1 Å². The average molecular weight is 267 g/mol. The molecule has 0 saturated carbocycles. The van der Waals surface area contributed by atoms with Gasteiger partial charge in [-0.25, -0.2) is 9.78 Å². The molecule has 1 aromatic heterocycles. The number of methoxy groups -OCH3 is 1. The molecule has 0 radical (unpaired) electrons. The van der Waals surface area contributed by atoms with Crippen LogP contribution in [0.25, 0.3) is 0 Å². The lowest BCUT2D eigenvalue weighted by Gasteiger charge is -2.27. The van der Waals surface area contributed by atoms with Crippen LogP contribution in [0.4, 0.5) is 11.5 Å². The fourth-order valence-electron chi connectivity index (χ4n) is 1.81. The first-order valence-corrected chi connectivity index (χ1v) is 5.70. The quantitative estimate of drug-likeness (QED) is 0.450. The van der Waals surface area contributed by atoms with E-state index < -0.39 is 10.9 Å². The lowest BCUT2D eigenvalue weighted by atomic mass is 10.3. The highest BCUT2D eigenvalue weighted by Crippen LogP contribution is 2.26. The number of nitrogens with zero attached hydrogens (tertiary/aromatic N) is 3. The van der Waals surface area contributed by atoms with Gasteiger partial charge in [-0.1, -0.05) is 0 Å². The number of aromatic nitrogens is 1. The first kappa shape index (κ1) is 13.2. The van der Waals surface area contributed by atoms with Crippen LogP contribution in [0.3, 0.4) is 0 Å². The Morgan fingerprint density at radius 1 is 1.47 bits per heavy atom. The Labute approximate surface area is 109 Å². The molecule has 1 aliphatic heterocycles. The molecule has 0 unspecified atom stereocenters. The molecule has 8 heteroatoms. The molecule has 1 aromatic rings. The first-order chi connectivity index (χ1) is 9.13. The molecule has 0 atom stereocenters. The van der Waals surface area contributed by atoms with E-state index in [1.54, 1.807) is 4.90 Å². The van der Waals surface area contributed by atoms with Gasteiger partial charge in [0.25, 0.3) is 0 Å². The van der Waals surface area contributed by atoms with E-state index in [1.807, 2.05) is 0 Å². The number of hydrogen-bond acceptors (Lipinski definition) is 7. The lowest BCUT2D eigenvalue weighted by molar-refractivity contribution is -0.384. The molecule has 102 valence electrons. The number of esters is 1. The Balaban J connectivity index is 2.40. The third-order valence-corrected chi connectivity index (χ3v) is 2.76. The summed E-state index contributed by atoms with van der Waals surface area (Å²) >= 11 is 0. The number of morpholine rings is 1. The number of nitro groups is 1. The minimum Gasteiger partial charge on any atom is -0.464 e. The molecule has 1 saturated heterocycles. The van der Waals surface area contributed by atoms with E-state index in [-0.39, 0.29) is 17.2 Å². The third kappa shape index (κ3) is 2.79. The molecule has 0 amide bonds. The summed E-state index contributed by atoms with van der Waals surface area (Å²) in [7, 11) is 1.24. The number of hydrogen-bond donors (Lipinski definition) is 0. The molecule has 0 bridgehead atoms. The zero-order chi connectivity index (χ0) is 13.8. The standard InChI is InChI=1S/C11H13N3O5/c1-18-11(15)8-2-3-9(14(16)17)10(12-8)13-4-6-19-7-5-13/h2-3H,4-7H2,1H3. The van der Waals surface area contributed by atoms with E-state index >= 15 is 0 Å². The highest BCUT2D eigenvalue weighted by Gasteiger charge is 2.25. The van der Waals surface area contributed by atoms with Gasteiger partial charge in [0.15, 0.2) is 5.69 Å². The molecule has 1 aliphatic rings. The summed E-state index contributed by atoms with van der Waals surface area (Å²) in [6, 6.07) is 2.55. The highest BCUT2D eigenvalue weighted by atomic mass is 16.6. The van der Waals surface area contributed by atoms with Crippen LogP contribution in [0.2, 0.25) is 0 Å². The largest absolute Gasteiger partial charge is 0.464 e. The van der Waals surface area contributed by atoms with Crippen LogP contribution in [0.5, 0.6) is 0 Å². The van der Waals surface area contributed by atoms with Gasteiger partial charge in [0.05, 0.1) is 25.2 Å². The van der Waals surface area contributed by atoms with Gasteiger partial charge in [-0.2, -0.15) is 0 Å². The van der Waals surface area contributed by atoms with Crippen molar-refractivity contribution >= 4 is 17.5 Å². The predicted octanol–water partition coefficient (Wildman–Crippen LogP) is 0.613. The molecule has 19 heavy (non-hydrogen) atoms. The van der Waals surface area contributed by atoms with Crippen molar-refractivity contribution in [2.75, 3.05) is 38.3 Å². The zero-order valence-corrected chi connectivity index (χ0v) is 10.4. The number of anilines is 1. The molecule has 2 heterocycles. The van der Waals surface area contributed by atoms with Gasteiger partial charge < -0.3 is 14.4 Å². The summed E-state index contributed by atoms with van der Waals surface area (Å²) in [5.74, 6) is -0.444. The molecule has 8 nitrogen and oxygen atoms in total. The summed E-state index contributed by atoms with van der Waals surface area (Å²) < 4.78 is 9.75. The molecular formula is C11H13N3O5. The summed E-state index contributed by atoms with van der Waals surface area (Å²) in [5, 5.41) is 11.0. The van der Waals surface area contributed by atoms with Gasteiger partial charge in [-0.05, 0) is 6.07 Å². The molecule has 0 aromatic carbocycles. The van der Waals surface area contributed by atoms with E-state index in [1.165, 1.54) is 19.2 Å². The molecule has 2 rings (SSSR count). The zero-order valence-electron chi connectivity index (χ0n) is 10.4. The Morgan fingerprint density at radius 2 is 2.16 bits per heavy atom. The van der Waals surface area contributed by atoms with Crippen molar-refractivity contribution in [1.29, 1.82) is 0 Å². The maximum atomic E-state index is 11.4. The maximum Gasteiger partial charge on any atom is 0.356 e. The molecule has 0 N–H and O–H groups in total. The van der Waals surface area contributed by atoms with Crippen LogP contribution in [-0.2, 0) is 9.47 Å². The first-order valence-electron chi connectivity index (χ1n) is 5.70. The molecule has 0 aliphatic carbocycles. The van der Waals surface area contributed by atoms with Crippen molar-refractivity contribution in [1.82, 2.24) is 4.98 Å². The predicted molar refractivity (Wildman–Crippen MR) is 65.3 cm³/mol. The van der Waals surface area contributed by atoms with Crippen molar-refractivity contribution in [2.24, 2.45) is 0 Å². The smallest absolute Gasteiger partial charge is 0.356 e. The summed E-state index contributed by atoms with van der Waals surface area (Å²) in [5.41, 5.74) is -0.0795. The van der Waals surface area contributed by atoms with Crippen molar-refractivity contribution in [3.05, 3.63) is 27.9 Å². The number of carbonyl (C=O) groups excluding carboxylic acids is 1. The van der Waals surface area contributed by atoms with E-state index in [2.05, 4.69) is 9.72 Å². The fourth-order valence-corrected chi connectivity index (χ4v) is 1.81. The van der Waals surface area contributed by atoms with Crippen LogP contribution in [-0.4, -0.2) is 49.3 Å². The average Bonchev–Trinajstić information content (AvgIpc) is 2.46. The number of carbonyl (C=O) groups is 1. The number of pyridine rings is 1. The Kier molecular flexibility index (Phi) is 3.91. The Bertz CT molecular complexity index is 499. The van der Waals surface area contributed by atoms with Crippen LogP contribution in [0.1, 0.15) is 10.5 Å². The lowest BCUT2D eigenvalue weighted by Crippen LogP contribution is -2.37. The summed E-state index contributed by atoms with van der Waals surface area (Å²) in [6.07, 6.45) is 0. The van der Waals surface area contributed by atoms with Gasteiger partial charge >= 0.3 is 11.7 Å². The minimum absolute atomic E-state index is 0.0505. The minimum atomic E-state index is -0.621. The Hall–Kier alpha value is -2.22. The van der Waals surface area contributed by atoms with Crippen molar-refractivity contribution in [2.45, 2.75) is 0 Å². The van der Waals surface area contributed by atoms with E-state index in [4.69, 9.17) is 4.74 Å². The van der Waals surface area contributed by atoms with Crippen LogP contribution >= 0.6 is 0 Å². The van der Waals surface area contributed by atoms with Crippen molar-refractivity contribution in [3.8, 4) is 0 Å². The van der Waals surface area contributed by atoms with Crippen molar-refractivity contribution < 1.29 is 19.2 Å². The topological polar surface area (TPSA) is 94.8 Å². The molecule has 1 fully saturated rings. The number of rotatable bonds is 3. The van der Waals surface area contributed by atoms with E-state index in [0.29, 0.717) is 26.3 Å². The second kappa shape index (κ2) is 5.61. The van der Waals surface area contributed by atoms with Gasteiger partial charge in [-0.15, -0.1) is 0 Å². The normalized spacial score (nSPS) is 15.1. The van der Waals surface area contributed by atoms with Gasteiger partial charge in [0, 0.05) is 19.2 Å². The van der Waals surface area contributed by atoms with Crippen LogP contribution in [0, 0.1) is 10.1 Å². The second-order valence-corrected chi connectivity index (χ2v) is 3.89. The summed E-state index contributed by atoms with van der Waals surface area (Å²) in [6.45, 7) is 1.94. The second-order valence-electron chi connectivity index (χ2n) is 3.89. The van der Waals surface area contributed by atoms with E-state index in [9.17, 15) is 14.9 Å². The van der Waals surface area contributed by atoms with E-state index in [0.717, 1.165) is 0 Å². The fraction of sp³-hybridized carbons (Fsp3) is 0.455. The number of ether oxygens (including phenoxy) is 2. The van der Waals surface area contributed by atoms with Crippen LogP contribution < -0.4 is 4.90 Å². The van der Waals surface area contributed by atoms with Crippen LogP contribution in [0.15, 0.2) is 12.1 Å². The van der Waals surface area contributed by atoms with Crippen molar-refractivity contribution in [3.63, 3.8) is 0 Å². The monoisotopic (exact) mass is 267 g/mol. The SMILES string of the molecule is COC(=O)c1ccc([N+](=O)[O-])c(N2CCOCC2)n1.